The molecule has 1 aliphatic heterocycles. The highest BCUT2D eigenvalue weighted by Crippen LogP contribution is 2.26. The lowest BCUT2D eigenvalue weighted by Crippen LogP contribution is -3.08. The zero-order chi connectivity index (χ0) is 13.4. The average Bonchev–Trinajstić information content (AvgIpc) is 2.98. The summed E-state index contributed by atoms with van der Waals surface area (Å²) in [4.78, 5) is 31.6. The van der Waals surface area contributed by atoms with E-state index in [1.165, 1.54) is 11.2 Å². The predicted molar refractivity (Wildman–Crippen MR) is 68.2 cm³/mol. The van der Waals surface area contributed by atoms with Gasteiger partial charge in [0.25, 0.3) is 5.56 Å². The molecule has 100 valence electrons. The molecule has 0 spiro atoms. The molecule has 2 aromatic heterocycles. The smallest absolute Gasteiger partial charge is 0.259 e. The molecule has 0 aromatic carbocycles. The summed E-state index contributed by atoms with van der Waals surface area (Å²) in [7, 11) is 0. The topological polar surface area (TPSA) is 90.3 Å². The first-order valence-corrected chi connectivity index (χ1v) is 7.02. The first-order chi connectivity index (χ1) is 9.16. The minimum Gasteiger partial charge on any atom is -0.544 e. The van der Waals surface area contributed by atoms with Crippen LogP contribution in [0.2, 0.25) is 0 Å². The quantitative estimate of drug-likeness (QED) is 0.717. The summed E-state index contributed by atoms with van der Waals surface area (Å²) in [5.74, 6) is -1.23. The number of rotatable bonds is 3. The molecule has 3 heterocycles. The molecule has 2 N–H and O–H groups in total. The van der Waals surface area contributed by atoms with Crippen LogP contribution < -0.4 is 15.6 Å². The number of hydrogen-bond donors (Lipinski definition) is 2. The second-order valence-electron chi connectivity index (χ2n) is 4.74. The van der Waals surface area contributed by atoms with Gasteiger partial charge >= 0.3 is 0 Å². The summed E-state index contributed by atoms with van der Waals surface area (Å²) in [6.07, 6.45) is 3.59. The number of nitrogens with zero attached hydrogens (tertiary/aromatic N) is 1. The van der Waals surface area contributed by atoms with Crippen LogP contribution in [0.1, 0.15) is 28.1 Å². The molecule has 0 amide bonds. The van der Waals surface area contributed by atoms with Crippen LogP contribution in [-0.2, 0) is 6.54 Å². The number of hydrogen-bond acceptors (Lipinski definition) is 5. The highest BCUT2D eigenvalue weighted by Gasteiger charge is 2.23. The lowest BCUT2D eigenvalue weighted by molar-refractivity contribution is -0.901. The largest absolute Gasteiger partial charge is 0.544 e. The summed E-state index contributed by atoms with van der Waals surface area (Å²) in [5, 5.41) is 11.6. The third-order valence-electron chi connectivity index (χ3n) is 3.52. The Bertz CT molecular complexity index is 685. The minimum absolute atomic E-state index is 0.138. The Kier molecular flexibility index (Phi) is 3.08. The summed E-state index contributed by atoms with van der Waals surface area (Å²) in [6.45, 7) is 2.59. The van der Waals surface area contributed by atoms with Gasteiger partial charge in [-0.25, -0.2) is 4.98 Å². The highest BCUT2D eigenvalue weighted by atomic mass is 32.1. The molecule has 0 radical (unpaired) electrons. The van der Waals surface area contributed by atoms with Crippen molar-refractivity contribution < 1.29 is 14.8 Å². The third-order valence-corrected chi connectivity index (χ3v) is 4.64. The van der Waals surface area contributed by atoms with Gasteiger partial charge in [-0.3, -0.25) is 4.79 Å². The SMILES string of the molecule is O=C([O-])c1sc2nc[nH]c(=O)c2c1C[NH+]1CCCC1. The van der Waals surface area contributed by atoms with Gasteiger partial charge < -0.3 is 19.8 Å². The second-order valence-corrected chi connectivity index (χ2v) is 5.74. The minimum atomic E-state index is -1.23. The van der Waals surface area contributed by atoms with E-state index >= 15 is 0 Å². The molecular formula is C12H13N3O3S. The van der Waals surface area contributed by atoms with Crippen LogP contribution in [0.5, 0.6) is 0 Å². The molecule has 3 rings (SSSR count). The average molecular weight is 279 g/mol. The Labute approximate surface area is 112 Å². The number of likely N-dealkylation sites (tertiary alicyclic amines) is 1. The maximum absolute atomic E-state index is 11.9. The van der Waals surface area contributed by atoms with E-state index in [1.807, 2.05) is 0 Å². The zero-order valence-electron chi connectivity index (χ0n) is 10.2. The number of aromatic amines is 1. The fraction of sp³-hybridized carbons (Fsp3) is 0.417. The number of nitrogens with one attached hydrogen (secondary N) is 2. The maximum atomic E-state index is 11.9. The summed E-state index contributed by atoms with van der Waals surface area (Å²) >= 11 is 1.02. The first kappa shape index (κ1) is 12.3. The molecule has 0 saturated carbocycles. The lowest BCUT2D eigenvalue weighted by atomic mass is 10.1. The first-order valence-electron chi connectivity index (χ1n) is 6.21. The summed E-state index contributed by atoms with van der Waals surface area (Å²) < 4.78 is 0. The van der Waals surface area contributed by atoms with Crippen molar-refractivity contribution in [3.63, 3.8) is 0 Å². The van der Waals surface area contributed by atoms with Crippen molar-refractivity contribution in [2.75, 3.05) is 13.1 Å². The molecule has 2 aromatic rings. The van der Waals surface area contributed by atoms with E-state index in [2.05, 4.69) is 9.97 Å². The fourth-order valence-corrected chi connectivity index (χ4v) is 3.63. The predicted octanol–water partition coefficient (Wildman–Crippen LogP) is -1.47. The number of carbonyl (C=O) groups excluding carboxylic acids is 1. The van der Waals surface area contributed by atoms with E-state index in [0.717, 1.165) is 37.3 Å². The van der Waals surface area contributed by atoms with Crippen molar-refractivity contribution >= 4 is 27.5 Å². The molecule has 0 bridgehead atoms. The molecule has 1 aliphatic rings. The Morgan fingerprint density at radius 2 is 2.21 bits per heavy atom. The zero-order valence-corrected chi connectivity index (χ0v) is 11.0. The van der Waals surface area contributed by atoms with Crippen LogP contribution >= 0.6 is 11.3 Å². The standard InChI is InChI=1S/C12H13N3O3S/c16-10-8-7(5-15-3-1-2-4-15)9(12(17)18)19-11(8)14-6-13-10/h6H,1-5H2,(H,17,18)(H,13,14,16). The van der Waals surface area contributed by atoms with E-state index in [9.17, 15) is 14.7 Å². The number of aromatic nitrogens is 2. The molecule has 7 heteroatoms. The molecule has 19 heavy (non-hydrogen) atoms. The Balaban J connectivity index is 2.15. The summed E-state index contributed by atoms with van der Waals surface area (Å²) in [5.41, 5.74) is 0.300. The van der Waals surface area contributed by atoms with Gasteiger partial charge in [0, 0.05) is 18.4 Å². The van der Waals surface area contributed by atoms with Crippen molar-refractivity contribution in [2.24, 2.45) is 0 Å². The van der Waals surface area contributed by atoms with E-state index in [4.69, 9.17) is 0 Å². The molecular weight excluding hydrogens is 266 g/mol. The Morgan fingerprint density at radius 1 is 1.47 bits per heavy atom. The van der Waals surface area contributed by atoms with E-state index < -0.39 is 5.97 Å². The maximum Gasteiger partial charge on any atom is 0.259 e. The summed E-state index contributed by atoms with van der Waals surface area (Å²) in [6, 6.07) is 0. The molecule has 1 fully saturated rings. The molecule has 0 aliphatic carbocycles. The van der Waals surface area contributed by atoms with Crippen molar-refractivity contribution in [1.29, 1.82) is 0 Å². The van der Waals surface area contributed by atoms with Crippen LogP contribution in [-0.4, -0.2) is 29.0 Å². The van der Waals surface area contributed by atoms with Crippen molar-refractivity contribution in [3.8, 4) is 0 Å². The number of thiophene rings is 1. The van der Waals surface area contributed by atoms with Gasteiger partial charge in [0.1, 0.15) is 11.4 Å². The second kappa shape index (κ2) is 4.75. The normalized spacial score (nSPS) is 16.2. The van der Waals surface area contributed by atoms with Gasteiger partial charge in [-0.1, -0.05) is 0 Å². The van der Waals surface area contributed by atoms with Crippen LogP contribution in [0.25, 0.3) is 10.2 Å². The molecule has 0 atom stereocenters. The number of quaternary nitrogens is 1. The van der Waals surface area contributed by atoms with Crippen molar-refractivity contribution in [1.82, 2.24) is 9.97 Å². The fourth-order valence-electron chi connectivity index (χ4n) is 2.63. The number of aromatic carboxylic acids is 1. The van der Waals surface area contributed by atoms with Gasteiger partial charge in [-0.15, -0.1) is 11.3 Å². The van der Waals surface area contributed by atoms with Gasteiger partial charge in [0.2, 0.25) is 0 Å². The highest BCUT2D eigenvalue weighted by molar-refractivity contribution is 7.20. The van der Waals surface area contributed by atoms with E-state index in [-0.39, 0.29) is 10.4 Å². The lowest BCUT2D eigenvalue weighted by Gasteiger charge is -2.12. The number of carbonyl (C=O) groups is 1. The van der Waals surface area contributed by atoms with E-state index in [1.54, 1.807) is 0 Å². The van der Waals surface area contributed by atoms with E-state index in [0.29, 0.717) is 22.3 Å². The number of carboxylic acid groups (broad SMARTS) is 1. The van der Waals surface area contributed by atoms with Gasteiger partial charge in [-0.05, 0) is 0 Å². The van der Waals surface area contributed by atoms with Crippen LogP contribution in [0.15, 0.2) is 11.1 Å². The van der Waals surface area contributed by atoms with Crippen molar-refractivity contribution in [2.45, 2.75) is 19.4 Å². The van der Waals surface area contributed by atoms with Crippen molar-refractivity contribution in [3.05, 3.63) is 27.1 Å². The number of fused-ring (bicyclic) bond motifs is 1. The van der Waals surface area contributed by atoms with Crippen LogP contribution in [0.4, 0.5) is 0 Å². The Morgan fingerprint density at radius 3 is 2.89 bits per heavy atom. The van der Waals surface area contributed by atoms with Crippen LogP contribution in [0.3, 0.4) is 0 Å². The molecule has 1 saturated heterocycles. The monoisotopic (exact) mass is 279 g/mol. The number of H-pyrrole nitrogens is 1. The van der Waals surface area contributed by atoms with Gasteiger partial charge in [0.05, 0.1) is 35.6 Å². The molecule has 6 nitrogen and oxygen atoms in total. The van der Waals surface area contributed by atoms with Gasteiger partial charge in [-0.2, -0.15) is 0 Å². The van der Waals surface area contributed by atoms with Gasteiger partial charge in [0.15, 0.2) is 0 Å². The number of carboxylic acids is 1. The van der Waals surface area contributed by atoms with Crippen LogP contribution in [0, 0.1) is 0 Å². The Hall–Kier alpha value is -1.73. The third kappa shape index (κ3) is 2.15. The molecule has 0 unspecified atom stereocenters.